The van der Waals surface area contributed by atoms with Gasteiger partial charge in [0.15, 0.2) is 11.6 Å². The van der Waals surface area contributed by atoms with Gasteiger partial charge in [0.25, 0.3) is 5.56 Å². The number of aromatic nitrogens is 1. The second-order valence-electron chi connectivity index (χ2n) is 8.53. The second kappa shape index (κ2) is 12.5. The summed E-state index contributed by atoms with van der Waals surface area (Å²) < 4.78 is 17.2. The molecule has 1 aromatic heterocycles. The van der Waals surface area contributed by atoms with E-state index in [1.54, 1.807) is 18.2 Å². The Balaban J connectivity index is 2.06. The molecule has 0 saturated heterocycles. The third-order valence-electron chi connectivity index (χ3n) is 6.09. The minimum absolute atomic E-state index is 0.0258. The smallest absolute Gasteiger partial charge is 0.339 e. The van der Waals surface area contributed by atoms with Crippen LogP contribution in [0.15, 0.2) is 53.5 Å². The Hall–Kier alpha value is -3.95. The molecule has 0 amide bonds. The van der Waals surface area contributed by atoms with Gasteiger partial charge in [-0.3, -0.25) is 14.4 Å². The topological polar surface area (TPSA) is 121 Å². The molecular weight excluding hydrogens is 514 g/mol. The van der Waals surface area contributed by atoms with E-state index in [0.29, 0.717) is 27.3 Å². The Bertz CT molecular complexity index is 1430. The number of carbonyl (C=O) groups is 3. The molecule has 1 unspecified atom stereocenters. The molecule has 3 rings (SSSR count). The number of methoxy groups -OCH3 is 3. The average Bonchev–Trinajstić information content (AvgIpc) is 2.88. The molecule has 0 aliphatic heterocycles. The normalized spacial score (nSPS) is 11.6. The zero-order chi connectivity index (χ0) is 28.0. The minimum Gasteiger partial charge on any atom is -0.496 e. The van der Waals surface area contributed by atoms with Crippen LogP contribution in [0.2, 0.25) is 5.02 Å². The van der Waals surface area contributed by atoms with Gasteiger partial charge in [0.2, 0.25) is 0 Å². The lowest BCUT2D eigenvalue weighted by Crippen LogP contribution is -2.31. The summed E-state index contributed by atoms with van der Waals surface area (Å²) in [6.45, 7) is 1.62. The van der Waals surface area contributed by atoms with E-state index in [0.717, 1.165) is 0 Å². The van der Waals surface area contributed by atoms with Crippen LogP contribution in [0.3, 0.4) is 0 Å². The fourth-order valence-electron chi connectivity index (χ4n) is 4.22. The summed E-state index contributed by atoms with van der Waals surface area (Å²) in [7, 11) is 4.26. The van der Waals surface area contributed by atoms with Crippen LogP contribution in [0.1, 0.15) is 45.7 Å². The van der Waals surface area contributed by atoms with Crippen LogP contribution in [-0.2, 0) is 16.0 Å². The van der Waals surface area contributed by atoms with Crippen molar-refractivity contribution >= 4 is 29.1 Å². The van der Waals surface area contributed by atoms with Crippen molar-refractivity contribution in [3.8, 4) is 22.6 Å². The van der Waals surface area contributed by atoms with E-state index in [4.69, 9.17) is 25.8 Å². The summed E-state index contributed by atoms with van der Waals surface area (Å²) in [5, 5.41) is 9.70. The number of ketones is 2. The van der Waals surface area contributed by atoms with Crippen molar-refractivity contribution in [2.24, 2.45) is 0 Å². The van der Waals surface area contributed by atoms with Crippen molar-refractivity contribution in [1.29, 1.82) is 0 Å². The first-order valence-electron chi connectivity index (χ1n) is 11.6. The van der Waals surface area contributed by atoms with Crippen LogP contribution in [-0.4, -0.2) is 55.1 Å². The van der Waals surface area contributed by atoms with Gasteiger partial charge in [-0.1, -0.05) is 17.7 Å². The Kier molecular flexibility index (Phi) is 9.44. The molecule has 200 valence electrons. The Morgan fingerprint density at radius 2 is 1.63 bits per heavy atom. The van der Waals surface area contributed by atoms with Crippen LogP contribution in [0.4, 0.5) is 0 Å². The third-order valence-corrected chi connectivity index (χ3v) is 6.33. The number of hydrogen-bond acceptors (Lipinski definition) is 7. The van der Waals surface area contributed by atoms with Crippen molar-refractivity contribution in [3.05, 3.63) is 80.7 Å². The van der Waals surface area contributed by atoms with Crippen LogP contribution < -0.4 is 15.0 Å². The number of halogens is 1. The molecule has 0 fully saturated rings. The summed E-state index contributed by atoms with van der Waals surface area (Å²) in [5.74, 6) is -1.25. The Morgan fingerprint density at radius 1 is 0.947 bits per heavy atom. The van der Waals surface area contributed by atoms with Crippen molar-refractivity contribution in [1.82, 2.24) is 4.57 Å². The van der Waals surface area contributed by atoms with Crippen LogP contribution in [0.25, 0.3) is 11.1 Å². The lowest BCUT2D eigenvalue weighted by Gasteiger charge is -2.21. The van der Waals surface area contributed by atoms with Crippen molar-refractivity contribution in [2.45, 2.75) is 25.8 Å². The predicted octanol–water partition coefficient (Wildman–Crippen LogP) is 4.48. The van der Waals surface area contributed by atoms with Gasteiger partial charge in [0, 0.05) is 42.4 Å². The van der Waals surface area contributed by atoms with Crippen LogP contribution >= 0.6 is 11.6 Å². The highest BCUT2D eigenvalue weighted by atomic mass is 35.5. The van der Waals surface area contributed by atoms with Gasteiger partial charge in [-0.05, 0) is 54.8 Å². The quantitative estimate of drug-likeness (QED) is 0.333. The number of carbonyl (C=O) groups excluding carboxylic acids is 2. The minimum atomic E-state index is -1.15. The second-order valence-corrected chi connectivity index (χ2v) is 8.96. The van der Waals surface area contributed by atoms with Gasteiger partial charge in [-0.25, -0.2) is 4.79 Å². The van der Waals surface area contributed by atoms with Gasteiger partial charge < -0.3 is 23.9 Å². The highest BCUT2D eigenvalue weighted by Crippen LogP contribution is 2.34. The molecule has 9 nitrogen and oxygen atoms in total. The monoisotopic (exact) mass is 541 g/mol. The van der Waals surface area contributed by atoms with Gasteiger partial charge in [0.05, 0.1) is 26.5 Å². The molecule has 0 radical (unpaired) electrons. The van der Waals surface area contributed by atoms with Gasteiger partial charge in [-0.15, -0.1) is 0 Å². The average molecular weight is 542 g/mol. The molecule has 3 aromatic rings. The van der Waals surface area contributed by atoms with Crippen molar-refractivity contribution in [2.75, 3.05) is 27.9 Å². The van der Waals surface area contributed by atoms with Crippen LogP contribution in [0, 0.1) is 0 Å². The van der Waals surface area contributed by atoms with E-state index >= 15 is 0 Å². The predicted molar refractivity (Wildman–Crippen MR) is 142 cm³/mol. The van der Waals surface area contributed by atoms with Gasteiger partial charge >= 0.3 is 5.97 Å². The summed E-state index contributed by atoms with van der Waals surface area (Å²) in [5.41, 5.74) is 1.20. The van der Waals surface area contributed by atoms with E-state index in [2.05, 4.69) is 0 Å². The molecule has 38 heavy (non-hydrogen) atoms. The number of carboxylic acids is 1. The molecule has 1 atom stereocenters. The Morgan fingerprint density at radius 3 is 2.24 bits per heavy atom. The fourth-order valence-corrected chi connectivity index (χ4v) is 4.39. The first-order chi connectivity index (χ1) is 18.1. The fraction of sp³-hybridized carbons (Fsp3) is 0.286. The number of benzene rings is 2. The zero-order valence-corrected chi connectivity index (χ0v) is 22.2. The summed E-state index contributed by atoms with van der Waals surface area (Å²) >= 11 is 6.18. The van der Waals surface area contributed by atoms with E-state index < -0.39 is 17.6 Å². The molecule has 1 N–H and O–H groups in total. The molecule has 0 saturated carbocycles. The molecular formula is C28H28ClNO8. The maximum absolute atomic E-state index is 13.5. The largest absolute Gasteiger partial charge is 0.496 e. The maximum Gasteiger partial charge on any atom is 0.339 e. The third kappa shape index (κ3) is 6.30. The van der Waals surface area contributed by atoms with Crippen molar-refractivity contribution < 1.29 is 33.7 Å². The molecule has 0 aliphatic rings. The van der Waals surface area contributed by atoms with Gasteiger partial charge in [0.1, 0.15) is 17.1 Å². The van der Waals surface area contributed by atoms with E-state index in [1.807, 2.05) is 0 Å². The van der Waals surface area contributed by atoms with E-state index in [-0.39, 0.29) is 48.1 Å². The van der Waals surface area contributed by atoms with E-state index in [9.17, 15) is 24.3 Å². The number of rotatable bonds is 12. The molecule has 10 heteroatoms. The highest BCUT2D eigenvalue weighted by molar-refractivity contribution is 6.31. The number of hydrogen-bond donors (Lipinski definition) is 1. The highest BCUT2D eigenvalue weighted by Gasteiger charge is 2.25. The van der Waals surface area contributed by atoms with Crippen molar-refractivity contribution in [3.63, 3.8) is 0 Å². The standard InChI is InChI=1S/C28H28ClNO8/c1-16(31)19-8-6-18(29)13-21(19)22-14-27(33)30(15-26(22)38-4)23(9-10-36-2)24(32)11-17-5-7-20(28(34)35)25(12-17)37-3/h5-8,12-15,23H,9-11H2,1-4H3,(H,34,35). The lowest BCUT2D eigenvalue weighted by atomic mass is 9.96. The number of ether oxygens (including phenoxy) is 3. The molecule has 0 bridgehead atoms. The summed E-state index contributed by atoms with van der Waals surface area (Å²) in [6.07, 6.45) is 1.57. The first kappa shape index (κ1) is 28.6. The number of nitrogens with zero attached hydrogens (tertiary/aromatic N) is 1. The molecule has 1 heterocycles. The number of aromatic carboxylic acids is 1. The zero-order valence-electron chi connectivity index (χ0n) is 21.4. The molecule has 0 spiro atoms. The molecule has 0 aliphatic carbocycles. The number of pyridine rings is 1. The SMILES string of the molecule is COCCC(C(=O)Cc1ccc(C(=O)O)c(OC)c1)n1cc(OC)c(-c2cc(Cl)ccc2C(C)=O)cc1=O. The van der Waals surface area contributed by atoms with E-state index in [1.165, 1.54) is 63.3 Å². The van der Waals surface area contributed by atoms with Gasteiger partial charge in [-0.2, -0.15) is 0 Å². The summed E-state index contributed by atoms with van der Waals surface area (Å²) in [4.78, 5) is 50.4. The number of carboxylic acid groups (broad SMARTS) is 1. The summed E-state index contributed by atoms with van der Waals surface area (Å²) in [6, 6.07) is 9.57. The lowest BCUT2D eigenvalue weighted by molar-refractivity contribution is -0.122. The van der Waals surface area contributed by atoms with Crippen LogP contribution in [0.5, 0.6) is 11.5 Å². The Labute approximate surface area is 224 Å². The number of Topliss-reactive ketones (excluding diaryl/α,β-unsaturated/α-hetero) is 2. The first-order valence-corrected chi connectivity index (χ1v) is 12.0. The molecule has 2 aromatic carbocycles. The maximum atomic E-state index is 13.5.